The predicted molar refractivity (Wildman–Crippen MR) is 87.6 cm³/mol. The Morgan fingerprint density at radius 1 is 1.24 bits per heavy atom. The molecule has 4 heteroatoms. The third kappa shape index (κ3) is 3.21. The van der Waals surface area contributed by atoms with Gasteiger partial charge >= 0.3 is 0 Å². The van der Waals surface area contributed by atoms with Crippen LogP contribution in [0.3, 0.4) is 0 Å². The van der Waals surface area contributed by atoms with Crippen molar-refractivity contribution in [2.45, 2.75) is 39.7 Å². The van der Waals surface area contributed by atoms with Gasteiger partial charge in [-0.3, -0.25) is 4.79 Å². The van der Waals surface area contributed by atoms with Crippen LogP contribution in [0.25, 0.3) is 0 Å². The predicted octanol–water partition coefficient (Wildman–Crippen LogP) is 2.08. The number of nitrogens with two attached hydrogens (primary N) is 1. The van der Waals surface area contributed by atoms with E-state index in [2.05, 4.69) is 36.9 Å². The quantitative estimate of drug-likeness (QED) is 0.927. The first-order chi connectivity index (χ1) is 9.86. The van der Waals surface area contributed by atoms with E-state index in [1.54, 1.807) is 0 Å². The fourth-order valence-electron chi connectivity index (χ4n) is 2.74. The first-order valence-electron chi connectivity index (χ1n) is 7.76. The number of rotatable bonds is 3. The van der Waals surface area contributed by atoms with Gasteiger partial charge in [0.25, 0.3) is 0 Å². The molecule has 0 saturated carbocycles. The molecule has 1 unspecified atom stereocenters. The lowest BCUT2D eigenvalue weighted by molar-refractivity contribution is -0.136. The molecule has 1 aliphatic rings. The summed E-state index contributed by atoms with van der Waals surface area (Å²) < 4.78 is 0. The van der Waals surface area contributed by atoms with Crippen LogP contribution in [0.2, 0.25) is 0 Å². The second-order valence-electron chi connectivity index (χ2n) is 6.27. The first-order valence-corrected chi connectivity index (χ1v) is 7.76. The molecule has 0 spiro atoms. The maximum Gasteiger partial charge on any atom is 0.242 e. The number of carbonyl (C=O) groups is 1. The van der Waals surface area contributed by atoms with Crippen LogP contribution in [-0.2, 0) is 4.79 Å². The number of benzene rings is 1. The zero-order valence-electron chi connectivity index (χ0n) is 13.6. The summed E-state index contributed by atoms with van der Waals surface area (Å²) >= 11 is 0. The minimum atomic E-state index is -0.735. The lowest BCUT2D eigenvalue weighted by Crippen LogP contribution is -2.58. The van der Waals surface area contributed by atoms with Gasteiger partial charge in [0.05, 0.1) is 5.54 Å². The average Bonchev–Trinajstić information content (AvgIpc) is 2.49. The van der Waals surface area contributed by atoms with Gasteiger partial charge in [-0.2, -0.15) is 0 Å². The zero-order chi connectivity index (χ0) is 15.6. The first kappa shape index (κ1) is 15.8. The van der Waals surface area contributed by atoms with Crippen molar-refractivity contribution >= 4 is 11.6 Å². The molecule has 1 aromatic carbocycles. The Morgan fingerprint density at radius 3 is 2.43 bits per heavy atom. The van der Waals surface area contributed by atoms with Crippen molar-refractivity contribution in [3.63, 3.8) is 0 Å². The maximum atomic E-state index is 12.4. The summed E-state index contributed by atoms with van der Waals surface area (Å²) in [6.07, 6.45) is 0.670. The lowest BCUT2D eigenvalue weighted by atomic mass is 9.98. The van der Waals surface area contributed by atoms with E-state index >= 15 is 0 Å². The third-order valence-electron chi connectivity index (χ3n) is 4.71. The summed E-state index contributed by atoms with van der Waals surface area (Å²) in [6, 6.07) is 6.40. The molecular formula is C17H27N3O. The van der Waals surface area contributed by atoms with Crippen LogP contribution in [0.5, 0.6) is 0 Å². The van der Waals surface area contributed by atoms with Crippen LogP contribution in [0.15, 0.2) is 18.2 Å². The van der Waals surface area contributed by atoms with E-state index in [4.69, 9.17) is 5.73 Å². The van der Waals surface area contributed by atoms with E-state index in [9.17, 15) is 4.79 Å². The molecule has 2 N–H and O–H groups in total. The highest BCUT2D eigenvalue weighted by molar-refractivity contribution is 5.85. The van der Waals surface area contributed by atoms with Crippen molar-refractivity contribution in [1.82, 2.24) is 4.90 Å². The molecule has 1 heterocycles. The molecule has 0 bridgehead atoms. The fraction of sp³-hybridized carbons (Fsp3) is 0.588. The number of aryl methyl sites for hydroxylation is 1. The second-order valence-corrected chi connectivity index (χ2v) is 6.27. The Labute approximate surface area is 127 Å². The Hall–Kier alpha value is -1.55. The van der Waals surface area contributed by atoms with Crippen LogP contribution in [0.4, 0.5) is 5.69 Å². The smallest absolute Gasteiger partial charge is 0.242 e. The monoisotopic (exact) mass is 289 g/mol. The topological polar surface area (TPSA) is 49.6 Å². The standard InChI is InChI=1S/C17H27N3O/c1-5-17(4,18)16(21)20-11-9-19(10-12-20)15-8-6-7-13(2)14(15)3/h6-8H,5,9-12,18H2,1-4H3. The van der Waals surface area contributed by atoms with Gasteiger partial charge in [0.1, 0.15) is 0 Å². The van der Waals surface area contributed by atoms with Crippen LogP contribution >= 0.6 is 0 Å². The molecule has 1 amide bonds. The van der Waals surface area contributed by atoms with E-state index in [0.29, 0.717) is 6.42 Å². The molecule has 1 aliphatic heterocycles. The van der Waals surface area contributed by atoms with Crippen molar-refractivity contribution in [3.8, 4) is 0 Å². The van der Waals surface area contributed by atoms with Gasteiger partial charge in [0.2, 0.25) is 5.91 Å². The maximum absolute atomic E-state index is 12.4. The van der Waals surface area contributed by atoms with E-state index in [1.165, 1.54) is 16.8 Å². The lowest BCUT2D eigenvalue weighted by Gasteiger charge is -2.39. The third-order valence-corrected chi connectivity index (χ3v) is 4.71. The highest BCUT2D eigenvalue weighted by Gasteiger charge is 2.32. The van der Waals surface area contributed by atoms with Crippen LogP contribution < -0.4 is 10.6 Å². The SMILES string of the molecule is CCC(C)(N)C(=O)N1CCN(c2cccc(C)c2C)CC1. The molecule has 0 radical (unpaired) electrons. The van der Waals surface area contributed by atoms with Crippen molar-refractivity contribution < 1.29 is 4.79 Å². The van der Waals surface area contributed by atoms with Gasteiger partial charge < -0.3 is 15.5 Å². The van der Waals surface area contributed by atoms with Gasteiger partial charge in [-0.05, 0) is 44.4 Å². The number of hydrogen-bond acceptors (Lipinski definition) is 3. The molecule has 0 aliphatic carbocycles. The van der Waals surface area contributed by atoms with E-state index in [0.717, 1.165) is 26.2 Å². The molecule has 0 aromatic heterocycles. The molecule has 1 saturated heterocycles. The molecule has 116 valence electrons. The van der Waals surface area contributed by atoms with E-state index in [-0.39, 0.29) is 5.91 Å². The van der Waals surface area contributed by atoms with Gasteiger partial charge in [-0.25, -0.2) is 0 Å². The number of carbonyl (C=O) groups excluding carboxylic acids is 1. The van der Waals surface area contributed by atoms with Crippen molar-refractivity contribution in [3.05, 3.63) is 29.3 Å². The number of amides is 1. The highest BCUT2D eigenvalue weighted by Crippen LogP contribution is 2.24. The minimum Gasteiger partial charge on any atom is -0.368 e. The number of piperazine rings is 1. The summed E-state index contributed by atoms with van der Waals surface area (Å²) in [5, 5.41) is 0. The summed E-state index contributed by atoms with van der Waals surface area (Å²) in [6.45, 7) is 11.3. The Morgan fingerprint density at radius 2 is 1.86 bits per heavy atom. The summed E-state index contributed by atoms with van der Waals surface area (Å²) in [4.78, 5) is 16.7. The average molecular weight is 289 g/mol. The van der Waals surface area contributed by atoms with Gasteiger partial charge in [-0.1, -0.05) is 19.1 Å². The molecule has 2 rings (SSSR count). The molecule has 21 heavy (non-hydrogen) atoms. The number of hydrogen-bond donors (Lipinski definition) is 1. The number of anilines is 1. The van der Waals surface area contributed by atoms with Crippen LogP contribution in [0.1, 0.15) is 31.4 Å². The molecule has 1 atom stereocenters. The molecule has 4 nitrogen and oxygen atoms in total. The fourth-order valence-corrected chi connectivity index (χ4v) is 2.74. The van der Waals surface area contributed by atoms with Crippen LogP contribution in [0, 0.1) is 13.8 Å². The van der Waals surface area contributed by atoms with Crippen molar-refractivity contribution in [2.24, 2.45) is 5.73 Å². The number of nitrogens with zero attached hydrogens (tertiary/aromatic N) is 2. The zero-order valence-corrected chi connectivity index (χ0v) is 13.6. The molecule has 1 fully saturated rings. The molecular weight excluding hydrogens is 262 g/mol. The van der Waals surface area contributed by atoms with E-state index in [1.807, 2.05) is 18.7 Å². The van der Waals surface area contributed by atoms with Crippen molar-refractivity contribution in [1.29, 1.82) is 0 Å². The Balaban J connectivity index is 2.04. The Kier molecular flexibility index (Phi) is 4.57. The summed E-state index contributed by atoms with van der Waals surface area (Å²) in [5.41, 5.74) is 9.27. The summed E-state index contributed by atoms with van der Waals surface area (Å²) in [5.74, 6) is 0.0746. The van der Waals surface area contributed by atoms with Crippen LogP contribution in [-0.4, -0.2) is 42.5 Å². The second kappa shape index (κ2) is 6.06. The minimum absolute atomic E-state index is 0.0746. The van der Waals surface area contributed by atoms with Gasteiger partial charge in [0, 0.05) is 31.9 Å². The highest BCUT2D eigenvalue weighted by atomic mass is 16.2. The molecule has 1 aromatic rings. The normalized spacial score (nSPS) is 18.5. The van der Waals surface area contributed by atoms with Gasteiger partial charge in [-0.15, -0.1) is 0 Å². The van der Waals surface area contributed by atoms with Gasteiger partial charge in [0.15, 0.2) is 0 Å². The summed E-state index contributed by atoms with van der Waals surface area (Å²) in [7, 11) is 0. The Bertz CT molecular complexity index is 517. The largest absolute Gasteiger partial charge is 0.368 e. The van der Waals surface area contributed by atoms with E-state index < -0.39 is 5.54 Å². The van der Waals surface area contributed by atoms with Crippen molar-refractivity contribution in [2.75, 3.05) is 31.1 Å².